The first-order chi connectivity index (χ1) is 16.7. The maximum absolute atomic E-state index is 13.2. The number of nitro groups is 2. The number of hydrogen-bond donors (Lipinski definition) is 0. The average Bonchev–Trinajstić information content (AvgIpc) is 2.83. The Kier molecular flexibility index (Phi) is 9.94. The van der Waals surface area contributed by atoms with Gasteiger partial charge in [-0.2, -0.15) is 0 Å². The third-order valence-electron chi connectivity index (χ3n) is 5.15. The van der Waals surface area contributed by atoms with Crippen LogP contribution in [0.2, 0.25) is 0 Å². The topological polar surface area (TPSA) is 165 Å². The largest absolute Gasteiger partial charge is 0.548 e. The Morgan fingerprint density at radius 3 is 2.23 bits per heavy atom. The van der Waals surface area contributed by atoms with Gasteiger partial charge in [-0.25, -0.2) is 0 Å². The molecular weight excluding hydrogens is 462 g/mol. The lowest BCUT2D eigenvalue weighted by Crippen LogP contribution is -2.42. The minimum atomic E-state index is -1.55. The fraction of sp³-hybridized carbons (Fsp3) is 0.391. The molecule has 0 spiro atoms. The van der Waals surface area contributed by atoms with Gasteiger partial charge in [0.05, 0.1) is 36.1 Å². The van der Waals surface area contributed by atoms with Gasteiger partial charge >= 0.3 is 5.69 Å². The van der Waals surface area contributed by atoms with Gasteiger partial charge in [-0.15, -0.1) is 0 Å². The molecule has 0 radical (unpaired) electrons. The molecule has 0 heterocycles. The van der Waals surface area contributed by atoms with E-state index in [1.165, 1.54) is 43.5 Å². The van der Waals surface area contributed by atoms with Gasteiger partial charge in [0.25, 0.3) is 11.6 Å². The first kappa shape index (κ1) is 27.0. The van der Waals surface area contributed by atoms with Crippen LogP contribution in [0.4, 0.5) is 11.4 Å². The molecule has 1 amide bonds. The third kappa shape index (κ3) is 7.39. The second-order valence-electron chi connectivity index (χ2n) is 7.58. The van der Waals surface area contributed by atoms with E-state index in [-0.39, 0.29) is 42.3 Å². The second kappa shape index (κ2) is 12.9. The van der Waals surface area contributed by atoms with Gasteiger partial charge in [0, 0.05) is 18.7 Å². The van der Waals surface area contributed by atoms with E-state index in [0.29, 0.717) is 12.0 Å². The highest BCUT2D eigenvalue weighted by atomic mass is 16.6. The molecule has 188 valence electrons. The SMILES string of the molecule is CCCCCOc1c(OC)ccc(C(=O)N(CCc2ccc([N+](=O)[O-])cc2)CC(=O)[O-])c1[N+](=O)[O-]. The van der Waals surface area contributed by atoms with Crippen molar-refractivity contribution < 1.29 is 34.0 Å². The lowest BCUT2D eigenvalue weighted by molar-refractivity contribution is -0.386. The van der Waals surface area contributed by atoms with Gasteiger partial charge in [0.15, 0.2) is 5.75 Å². The van der Waals surface area contributed by atoms with Crippen molar-refractivity contribution in [2.45, 2.75) is 32.6 Å². The summed E-state index contributed by atoms with van der Waals surface area (Å²) in [6.45, 7) is 1.23. The smallest absolute Gasteiger partial charge is 0.327 e. The number of carbonyl (C=O) groups excluding carboxylic acids is 2. The number of methoxy groups -OCH3 is 1. The highest BCUT2D eigenvalue weighted by Crippen LogP contribution is 2.40. The lowest BCUT2D eigenvalue weighted by atomic mass is 10.1. The minimum absolute atomic E-state index is 0.0714. The number of non-ortho nitro benzene ring substituents is 1. The van der Waals surface area contributed by atoms with Crippen molar-refractivity contribution in [3.8, 4) is 11.5 Å². The standard InChI is InChI=1S/C23H27N3O9/c1-3-4-5-14-35-22-19(34-2)11-10-18(21(22)26(32)33)23(29)24(15-20(27)28)13-12-16-6-8-17(9-7-16)25(30)31/h6-11H,3-5,12-15H2,1-2H3,(H,27,28)/p-1. The summed E-state index contributed by atoms with van der Waals surface area (Å²) in [5, 5.41) is 34.0. The molecule has 0 aliphatic carbocycles. The van der Waals surface area contributed by atoms with Crippen LogP contribution < -0.4 is 14.6 Å². The Morgan fingerprint density at radius 2 is 1.69 bits per heavy atom. The maximum Gasteiger partial charge on any atom is 0.327 e. The Labute approximate surface area is 201 Å². The van der Waals surface area contributed by atoms with Gasteiger partial charge in [0.2, 0.25) is 5.75 Å². The molecule has 0 saturated heterocycles. The molecule has 0 aliphatic heterocycles. The van der Waals surface area contributed by atoms with E-state index in [9.17, 15) is 34.9 Å². The van der Waals surface area contributed by atoms with E-state index in [2.05, 4.69) is 0 Å². The number of ether oxygens (including phenoxy) is 2. The number of unbranched alkanes of at least 4 members (excludes halogenated alkanes) is 2. The third-order valence-corrected chi connectivity index (χ3v) is 5.15. The Balaban J connectivity index is 2.36. The van der Waals surface area contributed by atoms with Gasteiger partial charge in [-0.05, 0) is 30.5 Å². The summed E-state index contributed by atoms with van der Waals surface area (Å²) < 4.78 is 10.8. The Hall–Kier alpha value is -4.22. The zero-order valence-electron chi connectivity index (χ0n) is 19.4. The summed E-state index contributed by atoms with van der Waals surface area (Å²) >= 11 is 0. The van der Waals surface area contributed by atoms with E-state index in [0.717, 1.165) is 17.7 Å². The molecule has 35 heavy (non-hydrogen) atoms. The summed E-state index contributed by atoms with van der Waals surface area (Å²) in [5.74, 6) is -2.58. The van der Waals surface area contributed by atoms with Crippen LogP contribution in [0.25, 0.3) is 0 Å². The molecule has 2 rings (SSSR count). The van der Waals surface area contributed by atoms with Gasteiger partial charge in [-0.3, -0.25) is 25.0 Å². The van der Waals surface area contributed by atoms with Crippen LogP contribution in [0.15, 0.2) is 36.4 Å². The summed E-state index contributed by atoms with van der Waals surface area (Å²) in [4.78, 5) is 46.9. The van der Waals surface area contributed by atoms with Crippen LogP contribution in [0.3, 0.4) is 0 Å². The van der Waals surface area contributed by atoms with Crippen molar-refractivity contribution in [3.63, 3.8) is 0 Å². The molecule has 0 aromatic heterocycles. The average molecular weight is 488 g/mol. The maximum atomic E-state index is 13.2. The molecule has 0 fully saturated rings. The van der Waals surface area contributed by atoms with Crippen LogP contribution in [-0.2, 0) is 11.2 Å². The normalized spacial score (nSPS) is 10.5. The summed E-state index contributed by atoms with van der Waals surface area (Å²) in [7, 11) is 1.31. The van der Waals surface area contributed by atoms with E-state index in [4.69, 9.17) is 9.47 Å². The van der Waals surface area contributed by atoms with E-state index >= 15 is 0 Å². The molecule has 12 nitrogen and oxygen atoms in total. The van der Waals surface area contributed by atoms with Crippen molar-refractivity contribution in [3.05, 3.63) is 67.8 Å². The Bertz CT molecular complexity index is 1070. The molecule has 2 aromatic carbocycles. The number of hydrogen-bond acceptors (Lipinski definition) is 9. The van der Waals surface area contributed by atoms with Crippen molar-refractivity contribution in [1.29, 1.82) is 0 Å². The molecule has 0 atom stereocenters. The number of rotatable bonds is 14. The molecule has 0 unspecified atom stereocenters. The first-order valence-corrected chi connectivity index (χ1v) is 10.9. The zero-order valence-corrected chi connectivity index (χ0v) is 19.4. The molecule has 0 aliphatic rings. The minimum Gasteiger partial charge on any atom is -0.548 e. The fourth-order valence-corrected chi connectivity index (χ4v) is 3.36. The van der Waals surface area contributed by atoms with E-state index in [1.54, 1.807) is 0 Å². The quantitative estimate of drug-likeness (QED) is 0.221. The predicted molar refractivity (Wildman–Crippen MR) is 122 cm³/mol. The highest BCUT2D eigenvalue weighted by Gasteiger charge is 2.32. The summed E-state index contributed by atoms with van der Waals surface area (Å²) in [5.41, 5.74) is -0.483. The van der Waals surface area contributed by atoms with Gasteiger partial charge in [-0.1, -0.05) is 31.9 Å². The second-order valence-corrected chi connectivity index (χ2v) is 7.58. The molecule has 12 heteroatoms. The number of nitro benzene ring substituents is 2. The monoisotopic (exact) mass is 488 g/mol. The highest BCUT2D eigenvalue weighted by molar-refractivity contribution is 6.00. The number of amides is 1. The molecule has 0 saturated carbocycles. The number of carbonyl (C=O) groups is 2. The van der Waals surface area contributed by atoms with Crippen molar-refractivity contribution in [2.75, 3.05) is 26.8 Å². The van der Waals surface area contributed by atoms with E-state index < -0.39 is 34.0 Å². The lowest BCUT2D eigenvalue weighted by Gasteiger charge is -2.24. The van der Waals surface area contributed by atoms with E-state index in [1.807, 2.05) is 6.92 Å². The van der Waals surface area contributed by atoms with Gasteiger partial charge < -0.3 is 24.3 Å². The fourth-order valence-electron chi connectivity index (χ4n) is 3.36. The van der Waals surface area contributed by atoms with Crippen LogP contribution in [0.1, 0.15) is 42.1 Å². The number of carboxylic acids is 1. The Morgan fingerprint density at radius 1 is 1.00 bits per heavy atom. The predicted octanol–water partition coefficient (Wildman–Crippen LogP) is 2.52. The molecule has 0 N–H and O–H groups in total. The van der Waals surface area contributed by atoms with Crippen molar-refractivity contribution in [1.82, 2.24) is 4.90 Å². The molecule has 2 aromatic rings. The zero-order chi connectivity index (χ0) is 26.0. The summed E-state index contributed by atoms with van der Waals surface area (Å²) in [6, 6.07) is 8.08. The van der Waals surface area contributed by atoms with Crippen molar-refractivity contribution in [2.24, 2.45) is 0 Å². The van der Waals surface area contributed by atoms with Crippen LogP contribution >= 0.6 is 0 Å². The number of nitrogens with zero attached hydrogens (tertiary/aromatic N) is 3. The summed E-state index contributed by atoms with van der Waals surface area (Å²) in [6.07, 6.45) is 2.55. The number of aliphatic carboxylic acids is 1. The number of carboxylic acid groups (broad SMARTS) is 1. The van der Waals surface area contributed by atoms with Crippen LogP contribution in [0, 0.1) is 20.2 Å². The first-order valence-electron chi connectivity index (χ1n) is 10.9. The van der Waals surface area contributed by atoms with Gasteiger partial charge in [0.1, 0.15) is 5.56 Å². The molecule has 0 bridgehead atoms. The number of benzene rings is 2. The van der Waals surface area contributed by atoms with Crippen LogP contribution in [0.5, 0.6) is 11.5 Å². The van der Waals surface area contributed by atoms with Crippen molar-refractivity contribution >= 4 is 23.3 Å². The van der Waals surface area contributed by atoms with Crippen LogP contribution in [-0.4, -0.2) is 53.4 Å². The molecular formula is C23H26N3O9-.